The lowest BCUT2D eigenvalue weighted by molar-refractivity contribution is -0.756. The molecule has 1 unspecified atom stereocenters. The molecule has 0 aliphatic carbocycles. The van der Waals surface area contributed by atoms with Gasteiger partial charge in [-0.05, 0) is 17.7 Å². The summed E-state index contributed by atoms with van der Waals surface area (Å²) in [5.41, 5.74) is 2.00. The molecule has 1 heterocycles. The Kier molecular flexibility index (Phi) is 5.51. The van der Waals surface area contributed by atoms with Gasteiger partial charge in [0, 0.05) is 25.9 Å². The van der Waals surface area contributed by atoms with E-state index in [9.17, 15) is 10.1 Å². The van der Waals surface area contributed by atoms with Crippen LogP contribution in [0.25, 0.3) is 5.57 Å². The molecule has 1 aliphatic rings. The molecule has 0 saturated heterocycles. The van der Waals surface area contributed by atoms with Gasteiger partial charge in [0.2, 0.25) is 0 Å². The quantitative estimate of drug-likeness (QED) is 0.348. The highest BCUT2D eigenvalue weighted by Crippen LogP contribution is 2.18. The van der Waals surface area contributed by atoms with Gasteiger partial charge in [-0.2, -0.15) is 5.26 Å². The third-order valence-corrected chi connectivity index (χ3v) is 3.72. The summed E-state index contributed by atoms with van der Waals surface area (Å²) < 4.78 is 5.69. The number of aliphatic imine (C=N–C) groups is 1. The number of hydrogen-bond acceptors (Lipinski definition) is 5. The number of esters is 1. The van der Waals surface area contributed by atoms with Gasteiger partial charge in [-0.1, -0.05) is 12.1 Å². The maximum atomic E-state index is 11.9. The van der Waals surface area contributed by atoms with Crippen LogP contribution in [0, 0.1) is 11.3 Å². The summed E-state index contributed by atoms with van der Waals surface area (Å²) in [4.78, 5) is 17.9. The number of quaternary nitrogens is 1. The van der Waals surface area contributed by atoms with E-state index in [4.69, 9.17) is 4.74 Å². The van der Waals surface area contributed by atoms with Crippen LogP contribution in [-0.4, -0.2) is 51.1 Å². The molecule has 124 valence electrons. The minimum Gasteiger partial charge on any atom is -0.456 e. The topological polar surface area (TPSA) is 65.7 Å². The largest absolute Gasteiger partial charge is 0.456 e. The molecule has 24 heavy (non-hydrogen) atoms. The van der Waals surface area contributed by atoms with Gasteiger partial charge in [0.25, 0.3) is 0 Å². The van der Waals surface area contributed by atoms with E-state index in [-0.39, 0.29) is 12.2 Å². The molecule has 0 saturated carbocycles. The zero-order valence-corrected chi connectivity index (χ0v) is 14.1. The molecule has 0 spiro atoms. The Morgan fingerprint density at radius 2 is 2.08 bits per heavy atom. The standard InChI is InChI=1S/C18H21N4O2/c1-21(2)17-6-4-15(5-7-17)16(13-19)12-18(23)24-11-10-22(3)9-8-20-14-22/h4-9,12,14H,10-11H2,1-3H3/q+1. The highest BCUT2D eigenvalue weighted by molar-refractivity contribution is 5.95. The number of carbonyl (C=O) groups excluding carboxylic acids is 1. The molecule has 6 nitrogen and oxygen atoms in total. The van der Waals surface area contributed by atoms with Gasteiger partial charge in [0.1, 0.15) is 25.4 Å². The number of benzene rings is 1. The van der Waals surface area contributed by atoms with Crippen molar-refractivity contribution >= 4 is 23.6 Å². The van der Waals surface area contributed by atoms with Crippen LogP contribution in [-0.2, 0) is 9.53 Å². The van der Waals surface area contributed by atoms with E-state index in [1.807, 2.05) is 62.6 Å². The molecule has 1 aromatic rings. The molecular formula is C18H21N4O2+. The first-order valence-corrected chi connectivity index (χ1v) is 7.57. The Morgan fingerprint density at radius 1 is 1.38 bits per heavy atom. The van der Waals surface area contributed by atoms with Crippen molar-refractivity contribution in [2.24, 2.45) is 4.99 Å². The Hall–Kier alpha value is -2.91. The van der Waals surface area contributed by atoms with E-state index < -0.39 is 5.97 Å². The number of nitriles is 1. The van der Waals surface area contributed by atoms with Crippen molar-refractivity contribution in [2.45, 2.75) is 0 Å². The van der Waals surface area contributed by atoms with Crippen LogP contribution in [0.1, 0.15) is 5.56 Å². The first kappa shape index (κ1) is 17.4. The Morgan fingerprint density at radius 3 is 2.62 bits per heavy atom. The van der Waals surface area contributed by atoms with Crippen LogP contribution in [0.4, 0.5) is 5.69 Å². The fourth-order valence-corrected chi connectivity index (χ4v) is 2.17. The normalized spacial score (nSPS) is 19.2. The predicted molar refractivity (Wildman–Crippen MR) is 94.0 cm³/mol. The van der Waals surface area contributed by atoms with Gasteiger partial charge in [-0.3, -0.25) is 4.48 Å². The van der Waals surface area contributed by atoms with Gasteiger partial charge >= 0.3 is 5.97 Å². The van der Waals surface area contributed by atoms with Crippen molar-refractivity contribution in [3.05, 3.63) is 48.3 Å². The van der Waals surface area contributed by atoms with Crippen molar-refractivity contribution < 1.29 is 14.0 Å². The van der Waals surface area contributed by atoms with Crippen LogP contribution in [0.2, 0.25) is 0 Å². The summed E-state index contributed by atoms with van der Waals surface area (Å²) in [5.74, 6) is -0.519. The molecule has 0 bridgehead atoms. The first-order valence-electron chi connectivity index (χ1n) is 7.57. The minimum absolute atomic E-state index is 0.250. The molecule has 0 N–H and O–H groups in total. The van der Waals surface area contributed by atoms with Gasteiger partial charge in [0.05, 0.1) is 18.8 Å². The van der Waals surface area contributed by atoms with E-state index in [2.05, 4.69) is 4.99 Å². The van der Waals surface area contributed by atoms with Crippen molar-refractivity contribution in [2.75, 3.05) is 39.2 Å². The van der Waals surface area contributed by atoms with Crippen LogP contribution in [0.5, 0.6) is 0 Å². The maximum absolute atomic E-state index is 11.9. The number of rotatable bonds is 6. The summed E-state index contributed by atoms with van der Waals surface area (Å²) >= 11 is 0. The average molecular weight is 325 g/mol. The van der Waals surface area contributed by atoms with Gasteiger partial charge < -0.3 is 9.64 Å². The summed E-state index contributed by atoms with van der Waals surface area (Å²) in [7, 11) is 5.84. The Bertz CT molecular complexity index is 712. The highest BCUT2D eigenvalue weighted by Gasteiger charge is 2.19. The fourth-order valence-electron chi connectivity index (χ4n) is 2.17. The van der Waals surface area contributed by atoms with E-state index in [0.29, 0.717) is 16.6 Å². The number of allylic oxidation sites excluding steroid dienone is 1. The van der Waals surface area contributed by atoms with Crippen molar-refractivity contribution in [1.82, 2.24) is 0 Å². The number of ether oxygens (including phenoxy) is 1. The number of carbonyl (C=O) groups is 1. The van der Waals surface area contributed by atoms with Crippen LogP contribution in [0.15, 0.2) is 47.7 Å². The highest BCUT2D eigenvalue weighted by atomic mass is 16.5. The van der Waals surface area contributed by atoms with Gasteiger partial charge in [-0.25, -0.2) is 9.79 Å². The third kappa shape index (κ3) is 4.54. The molecule has 0 aromatic heterocycles. The molecule has 1 aliphatic heterocycles. The predicted octanol–water partition coefficient (Wildman–Crippen LogP) is 2.16. The molecule has 2 rings (SSSR count). The molecule has 0 fully saturated rings. The second kappa shape index (κ2) is 7.57. The Labute approximate surface area is 142 Å². The second-order valence-electron chi connectivity index (χ2n) is 5.91. The molecule has 0 radical (unpaired) electrons. The van der Waals surface area contributed by atoms with E-state index in [1.54, 1.807) is 12.5 Å². The lowest BCUT2D eigenvalue weighted by Gasteiger charge is -2.20. The summed E-state index contributed by atoms with van der Waals surface area (Å²) in [6.45, 7) is 0.847. The van der Waals surface area contributed by atoms with E-state index in [1.165, 1.54) is 6.08 Å². The zero-order chi connectivity index (χ0) is 17.6. The van der Waals surface area contributed by atoms with Gasteiger partial charge in [-0.15, -0.1) is 0 Å². The summed E-state index contributed by atoms with van der Waals surface area (Å²) in [6.07, 6.45) is 6.64. The van der Waals surface area contributed by atoms with Crippen LogP contribution < -0.4 is 4.90 Å². The number of likely N-dealkylation sites (N-methyl/N-ethyl adjacent to an activating group) is 1. The maximum Gasteiger partial charge on any atom is 0.332 e. The summed E-state index contributed by atoms with van der Waals surface area (Å²) in [6, 6.07) is 9.47. The molecule has 0 amide bonds. The first-order chi connectivity index (χ1) is 11.4. The average Bonchev–Trinajstić information content (AvgIpc) is 2.99. The molecule has 1 aromatic carbocycles. The van der Waals surface area contributed by atoms with E-state index in [0.717, 1.165) is 5.69 Å². The Balaban J connectivity index is 1.96. The van der Waals surface area contributed by atoms with Crippen molar-refractivity contribution in [3.63, 3.8) is 0 Å². The number of nitrogens with zero attached hydrogens (tertiary/aromatic N) is 4. The number of anilines is 1. The second-order valence-corrected chi connectivity index (χ2v) is 5.91. The SMILES string of the molecule is CN(C)c1ccc(C(C#N)=CC(=O)OCC[N+]2(C)C=CN=C2)cc1. The third-order valence-electron chi connectivity index (χ3n) is 3.72. The summed E-state index contributed by atoms with van der Waals surface area (Å²) in [5, 5.41) is 9.28. The van der Waals surface area contributed by atoms with Crippen molar-refractivity contribution in [3.8, 4) is 6.07 Å². The minimum atomic E-state index is -0.519. The molecule has 1 atom stereocenters. The lowest BCUT2D eigenvalue weighted by Crippen LogP contribution is -2.38. The zero-order valence-electron chi connectivity index (χ0n) is 14.1. The molecule has 6 heteroatoms. The lowest BCUT2D eigenvalue weighted by atomic mass is 10.1. The van der Waals surface area contributed by atoms with Crippen LogP contribution in [0.3, 0.4) is 0 Å². The van der Waals surface area contributed by atoms with Crippen molar-refractivity contribution in [1.29, 1.82) is 5.26 Å². The monoisotopic (exact) mass is 325 g/mol. The van der Waals surface area contributed by atoms with Gasteiger partial charge in [0.15, 0.2) is 6.34 Å². The number of hydrogen-bond donors (Lipinski definition) is 0. The smallest absolute Gasteiger partial charge is 0.332 e. The fraction of sp³-hybridized carbons (Fsp3) is 0.278. The van der Waals surface area contributed by atoms with E-state index >= 15 is 0 Å². The molecular weight excluding hydrogens is 304 g/mol. The van der Waals surface area contributed by atoms with Crippen LogP contribution >= 0.6 is 0 Å².